The van der Waals surface area contributed by atoms with Gasteiger partial charge in [0.1, 0.15) is 0 Å². The van der Waals surface area contributed by atoms with Crippen LogP contribution in [0, 0.1) is 6.92 Å². The zero-order valence-electron chi connectivity index (χ0n) is 13.8. The Morgan fingerprint density at radius 3 is 2.38 bits per heavy atom. The Bertz CT molecular complexity index is 973. The maximum absolute atomic E-state index is 13.3. The SMILES string of the molecule is CCCCc1c(Cl)c2ccccc2n1S(=O)(=O)c1ccc(C)cc1. The van der Waals surface area contributed by atoms with Gasteiger partial charge in [-0.15, -0.1) is 0 Å². The maximum atomic E-state index is 13.3. The van der Waals surface area contributed by atoms with Crippen LogP contribution in [0.25, 0.3) is 10.9 Å². The average molecular weight is 362 g/mol. The number of fused-ring (bicyclic) bond motifs is 1. The van der Waals surface area contributed by atoms with Crippen LogP contribution in [-0.4, -0.2) is 12.4 Å². The summed E-state index contributed by atoms with van der Waals surface area (Å²) in [5.74, 6) is 0. The highest BCUT2D eigenvalue weighted by Crippen LogP contribution is 2.34. The summed E-state index contributed by atoms with van der Waals surface area (Å²) in [6.07, 6.45) is 2.50. The first-order valence-corrected chi connectivity index (χ1v) is 9.88. The second-order valence-electron chi connectivity index (χ2n) is 5.96. The molecule has 0 saturated heterocycles. The van der Waals surface area contributed by atoms with E-state index in [1.54, 1.807) is 12.1 Å². The number of hydrogen-bond acceptors (Lipinski definition) is 2. The van der Waals surface area contributed by atoms with Crippen LogP contribution in [-0.2, 0) is 16.4 Å². The topological polar surface area (TPSA) is 39.1 Å². The molecular weight excluding hydrogens is 342 g/mol. The van der Waals surface area contributed by atoms with Gasteiger partial charge < -0.3 is 0 Å². The van der Waals surface area contributed by atoms with Crippen molar-refractivity contribution in [2.24, 2.45) is 0 Å². The van der Waals surface area contributed by atoms with Crippen molar-refractivity contribution in [3.8, 4) is 0 Å². The van der Waals surface area contributed by atoms with Crippen LogP contribution in [0.4, 0.5) is 0 Å². The summed E-state index contributed by atoms with van der Waals surface area (Å²) in [7, 11) is -3.69. The van der Waals surface area contributed by atoms with Crippen molar-refractivity contribution in [2.45, 2.75) is 38.0 Å². The van der Waals surface area contributed by atoms with E-state index in [1.807, 2.05) is 43.3 Å². The Hall–Kier alpha value is -1.78. The van der Waals surface area contributed by atoms with E-state index in [2.05, 4.69) is 6.92 Å². The van der Waals surface area contributed by atoms with Crippen molar-refractivity contribution in [1.82, 2.24) is 3.97 Å². The van der Waals surface area contributed by atoms with Crippen molar-refractivity contribution < 1.29 is 8.42 Å². The minimum atomic E-state index is -3.69. The van der Waals surface area contributed by atoms with Gasteiger partial charge in [0.2, 0.25) is 0 Å². The van der Waals surface area contributed by atoms with Crippen LogP contribution in [0.2, 0.25) is 5.02 Å². The number of halogens is 1. The van der Waals surface area contributed by atoms with Gasteiger partial charge in [-0.3, -0.25) is 0 Å². The van der Waals surface area contributed by atoms with E-state index >= 15 is 0 Å². The molecule has 1 aromatic heterocycles. The Labute approximate surface area is 147 Å². The summed E-state index contributed by atoms with van der Waals surface area (Å²) >= 11 is 6.53. The van der Waals surface area contributed by atoms with Gasteiger partial charge in [0, 0.05) is 5.39 Å². The molecule has 3 nitrogen and oxygen atoms in total. The molecule has 3 rings (SSSR count). The molecule has 0 amide bonds. The lowest BCUT2D eigenvalue weighted by atomic mass is 10.2. The highest BCUT2D eigenvalue weighted by molar-refractivity contribution is 7.90. The molecule has 24 heavy (non-hydrogen) atoms. The molecule has 0 aliphatic rings. The third-order valence-electron chi connectivity index (χ3n) is 4.18. The molecule has 0 N–H and O–H groups in total. The zero-order chi connectivity index (χ0) is 17.3. The van der Waals surface area contributed by atoms with Gasteiger partial charge in [-0.2, -0.15) is 0 Å². The third kappa shape index (κ3) is 2.85. The first kappa shape index (κ1) is 17.1. The molecule has 0 spiro atoms. The van der Waals surface area contributed by atoms with Gasteiger partial charge in [-0.1, -0.05) is 60.8 Å². The standard InChI is InChI=1S/C19H20ClNO2S/c1-3-4-8-18-19(20)16-7-5-6-9-17(16)21(18)24(22,23)15-12-10-14(2)11-13-15/h5-7,9-13H,3-4,8H2,1-2H3. The van der Waals surface area contributed by atoms with E-state index in [1.165, 1.54) is 3.97 Å². The Balaban J connectivity index is 2.29. The molecule has 0 aliphatic carbocycles. The highest BCUT2D eigenvalue weighted by atomic mass is 35.5. The summed E-state index contributed by atoms with van der Waals surface area (Å²) < 4.78 is 27.9. The molecule has 0 radical (unpaired) electrons. The Morgan fingerprint density at radius 1 is 1.04 bits per heavy atom. The number of aromatic nitrogens is 1. The highest BCUT2D eigenvalue weighted by Gasteiger charge is 2.25. The van der Waals surface area contributed by atoms with Crippen molar-refractivity contribution >= 4 is 32.5 Å². The predicted molar refractivity (Wildman–Crippen MR) is 99.3 cm³/mol. The molecule has 0 bridgehead atoms. The summed E-state index contributed by atoms with van der Waals surface area (Å²) in [4.78, 5) is 0.281. The second kappa shape index (κ2) is 6.61. The minimum absolute atomic E-state index is 0.281. The maximum Gasteiger partial charge on any atom is 0.268 e. The molecule has 0 atom stereocenters. The zero-order valence-corrected chi connectivity index (χ0v) is 15.4. The second-order valence-corrected chi connectivity index (χ2v) is 8.13. The number of benzene rings is 2. The summed E-state index contributed by atoms with van der Waals surface area (Å²) in [6, 6.07) is 14.3. The number of unbranched alkanes of at least 4 members (excludes halogenated alkanes) is 1. The molecule has 2 aromatic carbocycles. The van der Waals surface area contributed by atoms with E-state index in [9.17, 15) is 8.42 Å². The van der Waals surface area contributed by atoms with Crippen molar-refractivity contribution in [3.63, 3.8) is 0 Å². The smallest absolute Gasteiger partial charge is 0.236 e. The number of para-hydroxylation sites is 1. The van der Waals surface area contributed by atoms with E-state index in [4.69, 9.17) is 11.6 Å². The lowest BCUT2D eigenvalue weighted by Crippen LogP contribution is -2.16. The third-order valence-corrected chi connectivity index (χ3v) is 6.37. The molecule has 5 heteroatoms. The van der Waals surface area contributed by atoms with Gasteiger partial charge in [0.05, 0.1) is 21.1 Å². The first-order valence-electron chi connectivity index (χ1n) is 8.07. The number of rotatable bonds is 5. The van der Waals surface area contributed by atoms with E-state index in [0.29, 0.717) is 22.7 Å². The molecule has 0 fully saturated rings. The normalized spacial score (nSPS) is 12.0. The van der Waals surface area contributed by atoms with Crippen molar-refractivity contribution in [1.29, 1.82) is 0 Å². The van der Waals surface area contributed by atoms with Gasteiger partial charge >= 0.3 is 0 Å². The Kier molecular flexibility index (Phi) is 4.70. The number of hydrogen-bond donors (Lipinski definition) is 0. The lowest BCUT2D eigenvalue weighted by molar-refractivity contribution is 0.586. The quantitative estimate of drug-likeness (QED) is 0.627. The van der Waals surface area contributed by atoms with Gasteiger partial charge in [-0.05, 0) is 38.0 Å². The van der Waals surface area contributed by atoms with Crippen LogP contribution < -0.4 is 0 Å². The van der Waals surface area contributed by atoms with E-state index < -0.39 is 10.0 Å². The molecular formula is C19H20ClNO2S. The molecule has 126 valence electrons. The van der Waals surface area contributed by atoms with Crippen LogP contribution in [0.15, 0.2) is 53.4 Å². The first-order chi connectivity index (χ1) is 11.5. The summed E-state index contributed by atoms with van der Waals surface area (Å²) in [6.45, 7) is 4.01. The molecule has 0 unspecified atom stereocenters. The Morgan fingerprint density at radius 2 is 1.71 bits per heavy atom. The van der Waals surface area contributed by atoms with Crippen LogP contribution >= 0.6 is 11.6 Å². The number of nitrogens with zero attached hydrogens (tertiary/aromatic N) is 1. The minimum Gasteiger partial charge on any atom is -0.236 e. The van der Waals surface area contributed by atoms with Crippen LogP contribution in [0.1, 0.15) is 31.0 Å². The number of aryl methyl sites for hydroxylation is 1. The van der Waals surface area contributed by atoms with Gasteiger partial charge in [-0.25, -0.2) is 12.4 Å². The fraction of sp³-hybridized carbons (Fsp3) is 0.263. The van der Waals surface area contributed by atoms with Crippen LogP contribution in [0.3, 0.4) is 0 Å². The average Bonchev–Trinajstić information content (AvgIpc) is 2.86. The monoisotopic (exact) mass is 361 g/mol. The lowest BCUT2D eigenvalue weighted by Gasteiger charge is -2.12. The van der Waals surface area contributed by atoms with Gasteiger partial charge in [0.25, 0.3) is 10.0 Å². The largest absolute Gasteiger partial charge is 0.268 e. The molecule has 0 aliphatic heterocycles. The molecule has 3 aromatic rings. The van der Waals surface area contributed by atoms with Crippen LogP contribution in [0.5, 0.6) is 0 Å². The fourth-order valence-corrected chi connectivity index (χ4v) is 4.84. The van der Waals surface area contributed by atoms with E-state index in [-0.39, 0.29) is 4.90 Å². The van der Waals surface area contributed by atoms with E-state index in [0.717, 1.165) is 23.8 Å². The summed E-state index contributed by atoms with van der Waals surface area (Å²) in [5.41, 5.74) is 2.32. The van der Waals surface area contributed by atoms with Crippen molar-refractivity contribution in [3.05, 3.63) is 64.8 Å². The van der Waals surface area contributed by atoms with Gasteiger partial charge in [0.15, 0.2) is 0 Å². The molecule has 0 saturated carbocycles. The van der Waals surface area contributed by atoms with Crippen molar-refractivity contribution in [2.75, 3.05) is 0 Å². The molecule has 1 heterocycles. The predicted octanol–water partition coefficient (Wildman–Crippen LogP) is 5.18. The fourth-order valence-electron chi connectivity index (χ4n) is 2.87. The summed E-state index contributed by atoms with van der Waals surface area (Å²) in [5, 5.41) is 1.32.